The summed E-state index contributed by atoms with van der Waals surface area (Å²) in [7, 11) is 0. The monoisotopic (exact) mass is 410 g/mol. The Morgan fingerprint density at radius 1 is 1.24 bits per heavy atom. The largest absolute Gasteiger partial charge is 0.573 e. The van der Waals surface area contributed by atoms with Gasteiger partial charge < -0.3 is 15.0 Å². The van der Waals surface area contributed by atoms with E-state index in [1.165, 1.54) is 30.5 Å². The lowest BCUT2D eigenvalue weighted by Crippen LogP contribution is -2.41. The zero-order valence-corrected chi connectivity index (χ0v) is 15.1. The summed E-state index contributed by atoms with van der Waals surface area (Å²) in [6.07, 6.45) is -2.23. The van der Waals surface area contributed by atoms with Gasteiger partial charge in [-0.3, -0.25) is 14.9 Å². The topological polar surface area (TPSA) is 97.6 Å². The normalized spacial score (nSPS) is 16.9. The highest BCUT2D eigenvalue weighted by Crippen LogP contribution is 2.26. The maximum Gasteiger partial charge on any atom is 0.573 e. The Morgan fingerprint density at radius 2 is 1.97 bits per heavy atom. The fourth-order valence-electron chi connectivity index (χ4n) is 3.06. The van der Waals surface area contributed by atoms with Crippen LogP contribution < -0.4 is 15.0 Å². The van der Waals surface area contributed by atoms with Crippen molar-refractivity contribution < 1.29 is 27.6 Å². The van der Waals surface area contributed by atoms with Crippen LogP contribution in [0.15, 0.2) is 42.6 Å². The number of benzene rings is 1. The molecule has 1 amide bonds. The first-order valence-electron chi connectivity index (χ1n) is 8.73. The van der Waals surface area contributed by atoms with Crippen molar-refractivity contribution in [2.75, 3.05) is 23.3 Å². The smallest absolute Gasteiger partial charge is 0.406 e. The first-order chi connectivity index (χ1) is 13.7. The Labute approximate surface area is 163 Å². The number of anilines is 2. The molecule has 1 aliphatic heterocycles. The van der Waals surface area contributed by atoms with Gasteiger partial charge in [-0.1, -0.05) is 0 Å². The van der Waals surface area contributed by atoms with Crippen molar-refractivity contribution in [1.29, 1.82) is 0 Å². The molecule has 8 nitrogen and oxygen atoms in total. The van der Waals surface area contributed by atoms with E-state index in [0.29, 0.717) is 31.0 Å². The van der Waals surface area contributed by atoms with Gasteiger partial charge >= 0.3 is 6.36 Å². The summed E-state index contributed by atoms with van der Waals surface area (Å²) in [5, 5.41) is 13.4. The Kier molecular flexibility index (Phi) is 5.85. The summed E-state index contributed by atoms with van der Waals surface area (Å²) in [6, 6.07) is 7.80. The molecule has 1 saturated heterocycles. The van der Waals surface area contributed by atoms with Gasteiger partial charge in [0.15, 0.2) is 0 Å². The molecule has 1 atom stereocenters. The molecule has 1 unspecified atom stereocenters. The molecule has 11 heteroatoms. The fraction of sp³-hybridized carbons (Fsp3) is 0.333. The standard InChI is InChI=1S/C18H17F3N4O4/c19-18(20,21)29-15-6-3-13(4-7-15)23-17(26)12-2-1-9-24(11-12)16-8-5-14(10-22-16)25(27)28/h3-8,10,12H,1-2,9,11H2,(H,23,26). The number of amides is 1. The summed E-state index contributed by atoms with van der Waals surface area (Å²) >= 11 is 0. The molecular weight excluding hydrogens is 393 g/mol. The molecular formula is C18H17F3N4O4. The molecule has 154 valence electrons. The maximum atomic E-state index is 12.5. The van der Waals surface area contributed by atoms with Crippen LogP contribution in [0.2, 0.25) is 0 Å². The van der Waals surface area contributed by atoms with E-state index in [9.17, 15) is 28.1 Å². The summed E-state index contributed by atoms with van der Waals surface area (Å²) < 4.78 is 40.4. The number of alkyl halides is 3. The fourth-order valence-corrected chi connectivity index (χ4v) is 3.06. The Bertz CT molecular complexity index is 872. The first kappa shape index (κ1) is 20.4. The van der Waals surface area contributed by atoms with E-state index in [-0.39, 0.29) is 23.3 Å². The summed E-state index contributed by atoms with van der Waals surface area (Å²) in [4.78, 5) is 28.7. The summed E-state index contributed by atoms with van der Waals surface area (Å²) in [6.45, 7) is 1.05. The summed E-state index contributed by atoms with van der Waals surface area (Å²) in [5.74, 6) is -0.446. The average molecular weight is 410 g/mol. The third-order valence-electron chi connectivity index (χ3n) is 4.41. The number of nitrogens with zero attached hydrogens (tertiary/aromatic N) is 3. The molecule has 0 saturated carbocycles. The molecule has 1 N–H and O–H groups in total. The lowest BCUT2D eigenvalue weighted by atomic mass is 9.97. The SMILES string of the molecule is O=C(Nc1ccc(OC(F)(F)F)cc1)C1CCCN(c2ccc([N+](=O)[O-])cn2)C1. The van der Waals surface area contributed by atoms with Crippen LogP contribution in [0, 0.1) is 16.0 Å². The maximum absolute atomic E-state index is 12.5. The van der Waals surface area contributed by atoms with Crippen LogP contribution in [0.5, 0.6) is 5.75 Å². The highest BCUT2D eigenvalue weighted by Gasteiger charge is 2.31. The number of nitrogens with one attached hydrogen (secondary N) is 1. The molecule has 0 bridgehead atoms. The second kappa shape index (κ2) is 8.33. The number of carbonyl (C=O) groups excluding carboxylic acids is 1. The predicted molar refractivity (Wildman–Crippen MR) is 97.6 cm³/mol. The van der Waals surface area contributed by atoms with E-state index < -0.39 is 11.3 Å². The van der Waals surface area contributed by atoms with Crippen LogP contribution in [0.4, 0.5) is 30.4 Å². The zero-order chi connectivity index (χ0) is 21.0. The van der Waals surface area contributed by atoms with Crippen molar-refractivity contribution in [2.45, 2.75) is 19.2 Å². The van der Waals surface area contributed by atoms with Crippen LogP contribution in [0.25, 0.3) is 0 Å². The van der Waals surface area contributed by atoms with E-state index in [1.54, 1.807) is 0 Å². The molecule has 1 aromatic heterocycles. The molecule has 0 aliphatic carbocycles. The Morgan fingerprint density at radius 3 is 2.55 bits per heavy atom. The summed E-state index contributed by atoms with van der Waals surface area (Å²) in [5.41, 5.74) is 0.244. The number of carbonyl (C=O) groups is 1. The van der Waals surface area contributed by atoms with Crippen molar-refractivity contribution >= 4 is 23.1 Å². The number of pyridine rings is 1. The number of rotatable bonds is 5. The van der Waals surface area contributed by atoms with Crippen molar-refractivity contribution in [3.05, 3.63) is 52.7 Å². The minimum atomic E-state index is -4.78. The Hall–Kier alpha value is -3.37. The number of hydrogen-bond donors (Lipinski definition) is 1. The second-order valence-corrected chi connectivity index (χ2v) is 6.48. The van der Waals surface area contributed by atoms with Crippen molar-refractivity contribution in [2.24, 2.45) is 5.92 Å². The van der Waals surface area contributed by atoms with Crippen LogP contribution in [0.3, 0.4) is 0 Å². The van der Waals surface area contributed by atoms with E-state index in [1.807, 2.05) is 4.90 Å². The third-order valence-corrected chi connectivity index (χ3v) is 4.41. The number of hydrogen-bond acceptors (Lipinski definition) is 6. The molecule has 3 rings (SSSR count). The lowest BCUT2D eigenvalue weighted by molar-refractivity contribution is -0.385. The van der Waals surface area contributed by atoms with Crippen LogP contribution >= 0.6 is 0 Å². The van der Waals surface area contributed by atoms with Gasteiger partial charge in [-0.05, 0) is 43.2 Å². The number of ether oxygens (including phenoxy) is 1. The number of piperidine rings is 1. The van der Waals surface area contributed by atoms with E-state index in [4.69, 9.17) is 0 Å². The van der Waals surface area contributed by atoms with Crippen molar-refractivity contribution in [3.63, 3.8) is 0 Å². The van der Waals surface area contributed by atoms with E-state index in [2.05, 4.69) is 15.0 Å². The van der Waals surface area contributed by atoms with Gasteiger partial charge in [0.2, 0.25) is 5.91 Å². The molecule has 1 fully saturated rings. The van der Waals surface area contributed by atoms with Gasteiger partial charge in [0.25, 0.3) is 5.69 Å². The average Bonchev–Trinajstić information content (AvgIpc) is 2.68. The van der Waals surface area contributed by atoms with Crippen LogP contribution in [-0.2, 0) is 4.79 Å². The van der Waals surface area contributed by atoms with Crippen molar-refractivity contribution in [1.82, 2.24) is 4.98 Å². The molecule has 2 heterocycles. The number of halogens is 3. The van der Waals surface area contributed by atoms with E-state index in [0.717, 1.165) is 18.6 Å². The van der Waals surface area contributed by atoms with Gasteiger partial charge in [0.05, 0.1) is 10.8 Å². The lowest BCUT2D eigenvalue weighted by Gasteiger charge is -2.32. The highest BCUT2D eigenvalue weighted by atomic mass is 19.4. The molecule has 0 radical (unpaired) electrons. The second-order valence-electron chi connectivity index (χ2n) is 6.48. The highest BCUT2D eigenvalue weighted by molar-refractivity contribution is 5.93. The molecule has 0 spiro atoms. The molecule has 1 aromatic carbocycles. The van der Waals surface area contributed by atoms with Gasteiger partial charge in [0, 0.05) is 24.8 Å². The first-order valence-corrected chi connectivity index (χ1v) is 8.73. The van der Waals surface area contributed by atoms with Gasteiger partial charge in [-0.15, -0.1) is 13.2 Å². The third kappa shape index (κ3) is 5.56. The minimum Gasteiger partial charge on any atom is -0.406 e. The Balaban J connectivity index is 1.60. The van der Waals surface area contributed by atoms with E-state index >= 15 is 0 Å². The zero-order valence-electron chi connectivity index (χ0n) is 15.1. The number of aromatic nitrogens is 1. The van der Waals surface area contributed by atoms with Gasteiger partial charge in [-0.2, -0.15) is 0 Å². The predicted octanol–water partition coefficient (Wildman–Crippen LogP) is 3.74. The number of nitro groups is 1. The van der Waals surface area contributed by atoms with Gasteiger partial charge in [0.1, 0.15) is 17.8 Å². The molecule has 1 aliphatic rings. The quantitative estimate of drug-likeness (QED) is 0.596. The van der Waals surface area contributed by atoms with Crippen LogP contribution in [-0.4, -0.2) is 35.3 Å². The molecule has 29 heavy (non-hydrogen) atoms. The van der Waals surface area contributed by atoms with Gasteiger partial charge in [-0.25, -0.2) is 4.98 Å². The van der Waals surface area contributed by atoms with Crippen molar-refractivity contribution in [3.8, 4) is 5.75 Å². The minimum absolute atomic E-state index is 0.113. The van der Waals surface area contributed by atoms with Crippen LogP contribution in [0.1, 0.15) is 12.8 Å². The molecule has 2 aromatic rings.